The maximum absolute atomic E-state index is 3.79. The molecule has 0 aromatic rings. The highest BCUT2D eigenvalue weighted by Gasteiger charge is 2.25. The van der Waals surface area contributed by atoms with Crippen LogP contribution in [0.25, 0.3) is 0 Å². The van der Waals surface area contributed by atoms with Gasteiger partial charge < -0.3 is 15.5 Å². The fraction of sp³-hybridized carbons (Fsp3) is 1.00. The second-order valence-electron chi connectivity index (χ2n) is 7.69. The third-order valence-corrected chi connectivity index (χ3v) is 5.89. The molecular formula is C18H35N3. The smallest absolute Gasteiger partial charge is 0.00702 e. The number of likely N-dealkylation sites (tertiary alicyclic amines) is 1. The van der Waals surface area contributed by atoms with Gasteiger partial charge in [0.25, 0.3) is 0 Å². The zero-order valence-electron chi connectivity index (χ0n) is 13.8. The Labute approximate surface area is 131 Å². The summed E-state index contributed by atoms with van der Waals surface area (Å²) in [7, 11) is 0. The molecule has 0 saturated carbocycles. The minimum atomic E-state index is 0.801. The van der Waals surface area contributed by atoms with E-state index in [-0.39, 0.29) is 0 Å². The van der Waals surface area contributed by atoms with E-state index in [1.165, 1.54) is 97.1 Å². The van der Waals surface area contributed by atoms with Gasteiger partial charge in [0.2, 0.25) is 0 Å². The minimum absolute atomic E-state index is 0.801. The van der Waals surface area contributed by atoms with Crippen LogP contribution in [-0.2, 0) is 0 Å². The number of hydrogen-bond acceptors (Lipinski definition) is 3. The van der Waals surface area contributed by atoms with Gasteiger partial charge in [-0.3, -0.25) is 0 Å². The molecule has 2 unspecified atom stereocenters. The maximum atomic E-state index is 3.79. The van der Waals surface area contributed by atoms with E-state index in [9.17, 15) is 0 Å². The molecule has 0 aliphatic carbocycles. The molecule has 3 heteroatoms. The molecule has 3 fully saturated rings. The van der Waals surface area contributed by atoms with Gasteiger partial charge in [0.1, 0.15) is 0 Å². The summed E-state index contributed by atoms with van der Waals surface area (Å²) in [5.41, 5.74) is 0. The Bertz CT molecular complexity index is 282. The lowest BCUT2D eigenvalue weighted by atomic mass is 9.86. The molecule has 21 heavy (non-hydrogen) atoms. The van der Waals surface area contributed by atoms with Crippen LogP contribution in [0.4, 0.5) is 0 Å². The predicted molar refractivity (Wildman–Crippen MR) is 89.6 cm³/mol. The highest BCUT2D eigenvalue weighted by molar-refractivity contribution is 4.82. The largest absolute Gasteiger partial charge is 0.316 e. The van der Waals surface area contributed by atoms with E-state index >= 15 is 0 Å². The molecule has 0 aromatic heterocycles. The number of piperidine rings is 3. The highest BCUT2D eigenvalue weighted by Crippen LogP contribution is 2.24. The van der Waals surface area contributed by atoms with Gasteiger partial charge in [-0.25, -0.2) is 0 Å². The van der Waals surface area contributed by atoms with Crippen molar-refractivity contribution in [2.75, 3.05) is 39.3 Å². The first-order valence-corrected chi connectivity index (χ1v) is 9.56. The predicted octanol–water partition coefficient (Wildman–Crippen LogP) is 2.62. The second-order valence-corrected chi connectivity index (χ2v) is 7.69. The standard InChI is InChI=1S/C18H35N3/c1-2-11-21(12-3-1)15-17-8-10-20-18(13-17)7-6-16-5-4-9-19-14-16/h16-20H,1-15H2/t16-,17?,18?/m1/s1. The molecule has 3 heterocycles. The van der Waals surface area contributed by atoms with Gasteiger partial charge in [-0.1, -0.05) is 6.42 Å². The van der Waals surface area contributed by atoms with Crippen LogP contribution in [0.15, 0.2) is 0 Å². The van der Waals surface area contributed by atoms with Crippen molar-refractivity contribution in [3.8, 4) is 0 Å². The van der Waals surface area contributed by atoms with Gasteiger partial charge in [0, 0.05) is 12.6 Å². The molecule has 0 aromatic carbocycles. The SMILES string of the molecule is C1CCN(CC2CCNC(CC[C@H]3CCCNC3)C2)CC1. The minimum Gasteiger partial charge on any atom is -0.316 e. The Hall–Kier alpha value is -0.120. The van der Waals surface area contributed by atoms with Crippen LogP contribution in [0, 0.1) is 11.8 Å². The third kappa shape index (κ3) is 5.22. The van der Waals surface area contributed by atoms with Gasteiger partial charge >= 0.3 is 0 Å². The maximum Gasteiger partial charge on any atom is 0.00702 e. The summed E-state index contributed by atoms with van der Waals surface area (Å²) in [5, 5.41) is 7.35. The van der Waals surface area contributed by atoms with Crippen molar-refractivity contribution in [3.05, 3.63) is 0 Å². The Morgan fingerprint density at radius 1 is 0.857 bits per heavy atom. The highest BCUT2D eigenvalue weighted by atomic mass is 15.1. The van der Waals surface area contributed by atoms with Crippen LogP contribution in [0.3, 0.4) is 0 Å². The first-order valence-electron chi connectivity index (χ1n) is 9.56. The van der Waals surface area contributed by atoms with Crippen molar-refractivity contribution in [2.45, 2.75) is 63.8 Å². The third-order valence-electron chi connectivity index (χ3n) is 5.89. The van der Waals surface area contributed by atoms with Crippen LogP contribution >= 0.6 is 0 Å². The number of nitrogens with one attached hydrogen (secondary N) is 2. The summed E-state index contributed by atoms with van der Waals surface area (Å²) in [6.07, 6.45) is 12.8. The van der Waals surface area contributed by atoms with E-state index < -0.39 is 0 Å². The Balaban J connectivity index is 1.36. The lowest BCUT2D eigenvalue weighted by Crippen LogP contribution is -2.43. The summed E-state index contributed by atoms with van der Waals surface area (Å²) in [6, 6.07) is 0.801. The van der Waals surface area contributed by atoms with Gasteiger partial charge in [-0.05, 0) is 95.9 Å². The molecule has 2 N–H and O–H groups in total. The van der Waals surface area contributed by atoms with Gasteiger partial charge in [0.15, 0.2) is 0 Å². The Morgan fingerprint density at radius 2 is 1.76 bits per heavy atom. The van der Waals surface area contributed by atoms with E-state index in [0.717, 1.165) is 17.9 Å². The fourth-order valence-electron chi connectivity index (χ4n) is 4.60. The summed E-state index contributed by atoms with van der Waals surface area (Å²) in [4.78, 5) is 2.74. The van der Waals surface area contributed by atoms with Crippen molar-refractivity contribution in [1.82, 2.24) is 15.5 Å². The summed E-state index contributed by atoms with van der Waals surface area (Å²) < 4.78 is 0. The fourth-order valence-corrected chi connectivity index (χ4v) is 4.60. The first kappa shape index (κ1) is 15.8. The number of hydrogen-bond donors (Lipinski definition) is 2. The van der Waals surface area contributed by atoms with Gasteiger partial charge in [0.05, 0.1) is 0 Å². The van der Waals surface area contributed by atoms with Crippen LogP contribution < -0.4 is 10.6 Å². The van der Waals surface area contributed by atoms with E-state index in [2.05, 4.69) is 15.5 Å². The second kappa shape index (κ2) is 8.50. The molecule has 122 valence electrons. The summed E-state index contributed by atoms with van der Waals surface area (Å²) in [5.74, 6) is 1.90. The van der Waals surface area contributed by atoms with Crippen LogP contribution in [0.1, 0.15) is 57.8 Å². The molecule has 3 aliphatic heterocycles. The van der Waals surface area contributed by atoms with Crippen LogP contribution in [0.5, 0.6) is 0 Å². The van der Waals surface area contributed by atoms with Crippen molar-refractivity contribution in [2.24, 2.45) is 11.8 Å². The summed E-state index contributed by atoms with van der Waals surface area (Å²) >= 11 is 0. The molecular weight excluding hydrogens is 258 g/mol. The van der Waals surface area contributed by atoms with Crippen molar-refractivity contribution < 1.29 is 0 Å². The average molecular weight is 293 g/mol. The average Bonchev–Trinajstić information content (AvgIpc) is 2.55. The zero-order valence-corrected chi connectivity index (χ0v) is 13.8. The van der Waals surface area contributed by atoms with Gasteiger partial charge in [-0.15, -0.1) is 0 Å². The monoisotopic (exact) mass is 293 g/mol. The zero-order chi connectivity index (χ0) is 14.3. The van der Waals surface area contributed by atoms with Crippen molar-refractivity contribution in [1.29, 1.82) is 0 Å². The van der Waals surface area contributed by atoms with E-state index in [4.69, 9.17) is 0 Å². The summed E-state index contributed by atoms with van der Waals surface area (Å²) in [6.45, 7) is 7.87. The molecule has 3 aliphatic rings. The first-order chi connectivity index (χ1) is 10.4. The van der Waals surface area contributed by atoms with Gasteiger partial charge in [-0.2, -0.15) is 0 Å². The molecule has 3 saturated heterocycles. The lowest BCUT2D eigenvalue weighted by Gasteiger charge is -2.36. The van der Waals surface area contributed by atoms with Crippen molar-refractivity contribution in [3.63, 3.8) is 0 Å². The molecule has 3 atom stereocenters. The lowest BCUT2D eigenvalue weighted by molar-refractivity contribution is 0.160. The molecule has 0 spiro atoms. The molecule has 3 rings (SSSR count). The number of rotatable bonds is 5. The molecule has 0 bridgehead atoms. The Kier molecular flexibility index (Phi) is 6.38. The quantitative estimate of drug-likeness (QED) is 0.816. The van der Waals surface area contributed by atoms with Crippen molar-refractivity contribution >= 4 is 0 Å². The number of nitrogens with zero attached hydrogens (tertiary/aromatic N) is 1. The van der Waals surface area contributed by atoms with Crippen LogP contribution in [0.2, 0.25) is 0 Å². The van der Waals surface area contributed by atoms with E-state index in [0.29, 0.717) is 0 Å². The molecule has 3 nitrogen and oxygen atoms in total. The topological polar surface area (TPSA) is 27.3 Å². The Morgan fingerprint density at radius 3 is 2.57 bits per heavy atom. The van der Waals surface area contributed by atoms with E-state index in [1.54, 1.807) is 0 Å². The molecule has 0 radical (unpaired) electrons. The van der Waals surface area contributed by atoms with Crippen LogP contribution in [-0.4, -0.2) is 50.2 Å². The van der Waals surface area contributed by atoms with E-state index in [1.807, 2.05) is 0 Å². The normalized spacial score (nSPS) is 35.7. The molecule has 0 amide bonds.